The fraction of sp³-hybridized carbons (Fsp3) is 0.500. The molecular formula is C20H26N2O2. The van der Waals surface area contributed by atoms with Gasteiger partial charge in [0.2, 0.25) is 0 Å². The number of rotatable bonds is 1. The molecule has 1 saturated heterocycles. The van der Waals surface area contributed by atoms with Gasteiger partial charge in [0.05, 0.1) is 5.52 Å². The van der Waals surface area contributed by atoms with E-state index < -0.39 is 5.60 Å². The number of hydrogen-bond donors (Lipinski definition) is 0. The molecule has 1 aliphatic rings. The van der Waals surface area contributed by atoms with E-state index in [1.165, 1.54) is 10.9 Å². The molecule has 2 heterocycles. The van der Waals surface area contributed by atoms with E-state index >= 15 is 0 Å². The van der Waals surface area contributed by atoms with Crippen molar-refractivity contribution >= 4 is 17.0 Å². The molecule has 3 rings (SSSR count). The Morgan fingerprint density at radius 1 is 1.21 bits per heavy atom. The molecule has 4 heteroatoms. The Kier molecular flexibility index (Phi) is 4.48. The molecule has 1 amide bonds. The molecule has 0 saturated carbocycles. The monoisotopic (exact) mass is 326 g/mol. The summed E-state index contributed by atoms with van der Waals surface area (Å²) in [7, 11) is 0. The average Bonchev–Trinajstić information content (AvgIpc) is 2.53. The van der Waals surface area contributed by atoms with Crippen molar-refractivity contribution in [2.24, 2.45) is 0 Å². The molecule has 0 bridgehead atoms. The predicted molar refractivity (Wildman–Crippen MR) is 96.3 cm³/mol. The maximum atomic E-state index is 12.2. The van der Waals surface area contributed by atoms with Crippen LogP contribution in [0.1, 0.15) is 50.8 Å². The highest BCUT2D eigenvalue weighted by atomic mass is 16.6. The highest BCUT2D eigenvalue weighted by molar-refractivity contribution is 5.82. The lowest BCUT2D eigenvalue weighted by molar-refractivity contribution is 0.0204. The molecule has 0 spiro atoms. The first-order valence-electron chi connectivity index (χ1n) is 8.68. The van der Waals surface area contributed by atoms with Gasteiger partial charge >= 0.3 is 6.09 Å². The number of ether oxygens (including phenoxy) is 1. The predicted octanol–water partition coefficient (Wildman–Crippen LogP) is 4.66. The van der Waals surface area contributed by atoms with E-state index in [1.54, 1.807) is 0 Å². The maximum absolute atomic E-state index is 12.2. The topological polar surface area (TPSA) is 42.4 Å². The lowest BCUT2D eigenvalue weighted by Gasteiger charge is -2.33. The number of pyridine rings is 1. The highest BCUT2D eigenvalue weighted by Gasteiger charge is 2.28. The lowest BCUT2D eigenvalue weighted by atomic mass is 9.92. The Labute approximate surface area is 143 Å². The van der Waals surface area contributed by atoms with Crippen LogP contribution in [0.15, 0.2) is 30.3 Å². The SMILES string of the molecule is Cc1cc(C2CCN(C(=O)OC(C)(C)C)CC2)nc2ccccc12. The molecule has 0 atom stereocenters. The number of carbonyl (C=O) groups excluding carboxylic acids is 1. The number of aromatic nitrogens is 1. The third-order valence-electron chi connectivity index (χ3n) is 4.51. The second-order valence-electron chi connectivity index (χ2n) is 7.62. The van der Waals surface area contributed by atoms with Crippen LogP contribution in [0.3, 0.4) is 0 Å². The summed E-state index contributed by atoms with van der Waals surface area (Å²) in [5, 5.41) is 1.22. The van der Waals surface area contributed by atoms with Gasteiger partial charge in [-0.05, 0) is 58.2 Å². The summed E-state index contributed by atoms with van der Waals surface area (Å²) in [5.74, 6) is 0.409. The van der Waals surface area contributed by atoms with Crippen molar-refractivity contribution < 1.29 is 9.53 Å². The van der Waals surface area contributed by atoms with Crippen LogP contribution in [0.5, 0.6) is 0 Å². The first kappa shape index (κ1) is 16.7. The van der Waals surface area contributed by atoms with Gasteiger partial charge in [-0.15, -0.1) is 0 Å². The molecule has 0 unspecified atom stereocenters. The van der Waals surface area contributed by atoms with E-state index in [9.17, 15) is 4.79 Å². The van der Waals surface area contributed by atoms with Crippen molar-refractivity contribution in [2.75, 3.05) is 13.1 Å². The fourth-order valence-electron chi connectivity index (χ4n) is 3.27. The minimum atomic E-state index is -0.440. The van der Waals surface area contributed by atoms with Gasteiger partial charge in [0.15, 0.2) is 0 Å². The molecule has 1 fully saturated rings. The van der Waals surface area contributed by atoms with Crippen LogP contribution in [0, 0.1) is 6.92 Å². The number of nitrogens with zero attached hydrogens (tertiary/aromatic N) is 2. The van der Waals surface area contributed by atoms with Gasteiger partial charge in [0.25, 0.3) is 0 Å². The third-order valence-corrected chi connectivity index (χ3v) is 4.51. The van der Waals surface area contributed by atoms with Gasteiger partial charge in [-0.1, -0.05) is 18.2 Å². The van der Waals surface area contributed by atoms with E-state index in [4.69, 9.17) is 9.72 Å². The van der Waals surface area contributed by atoms with Gasteiger partial charge in [-0.3, -0.25) is 4.98 Å². The number of fused-ring (bicyclic) bond motifs is 1. The molecular weight excluding hydrogens is 300 g/mol. The van der Waals surface area contributed by atoms with Gasteiger partial charge < -0.3 is 9.64 Å². The second kappa shape index (κ2) is 6.42. The molecule has 0 aliphatic carbocycles. The van der Waals surface area contributed by atoms with Crippen LogP contribution in [0.25, 0.3) is 10.9 Å². The molecule has 2 aromatic rings. The summed E-state index contributed by atoms with van der Waals surface area (Å²) < 4.78 is 5.47. The number of piperidine rings is 1. The van der Waals surface area contributed by atoms with Crippen molar-refractivity contribution in [1.29, 1.82) is 0 Å². The molecule has 128 valence electrons. The second-order valence-corrected chi connectivity index (χ2v) is 7.62. The summed E-state index contributed by atoms with van der Waals surface area (Å²) in [6.45, 7) is 9.31. The van der Waals surface area contributed by atoms with Crippen molar-refractivity contribution in [2.45, 2.75) is 52.1 Å². The van der Waals surface area contributed by atoms with Crippen molar-refractivity contribution in [3.8, 4) is 0 Å². The molecule has 0 N–H and O–H groups in total. The zero-order valence-corrected chi connectivity index (χ0v) is 15.0. The van der Waals surface area contributed by atoms with Crippen LogP contribution in [-0.4, -0.2) is 34.7 Å². The van der Waals surface area contributed by atoms with Crippen LogP contribution >= 0.6 is 0 Å². The Hall–Kier alpha value is -2.10. The van der Waals surface area contributed by atoms with Crippen LogP contribution in [0.4, 0.5) is 4.79 Å². The van der Waals surface area contributed by atoms with E-state index in [1.807, 2.05) is 31.7 Å². The number of aryl methyl sites for hydroxylation is 1. The summed E-state index contributed by atoms with van der Waals surface area (Å²) in [5.41, 5.74) is 3.03. The number of benzene rings is 1. The van der Waals surface area contributed by atoms with Crippen LogP contribution in [-0.2, 0) is 4.74 Å². The fourth-order valence-corrected chi connectivity index (χ4v) is 3.27. The van der Waals surface area contributed by atoms with Gasteiger partial charge in [0.1, 0.15) is 5.60 Å². The minimum Gasteiger partial charge on any atom is -0.444 e. The number of likely N-dealkylation sites (tertiary alicyclic amines) is 1. The van der Waals surface area contributed by atoms with Gasteiger partial charge in [-0.25, -0.2) is 4.79 Å². The zero-order chi connectivity index (χ0) is 17.3. The molecule has 0 radical (unpaired) electrons. The van der Waals surface area contributed by atoms with Gasteiger partial charge in [-0.2, -0.15) is 0 Å². The van der Waals surface area contributed by atoms with Crippen LogP contribution in [0.2, 0.25) is 0 Å². The Morgan fingerprint density at radius 3 is 2.54 bits per heavy atom. The molecule has 1 aromatic heterocycles. The van der Waals surface area contributed by atoms with E-state index in [0.717, 1.165) is 37.1 Å². The third kappa shape index (κ3) is 3.69. The van der Waals surface area contributed by atoms with Crippen molar-refractivity contribution in [1.82, 2.24) is 9.88 Å². The zero-order valence-electron chi connectivity index (χ0n) is 15.0. The summed E-state index contributed by atoms with van der Waals surface area (Å²) in [6, 6.07) is 10.5. The molecule has 1 aromatic carbocycles. The molecule has 4 nitrogen and oxygen atoms in total. The van der Waals surface area contributed by atoms with E-state index in [-0.39, 0.29) is 6.09 Å². The Morgan fingerprint density at radius 2 is 1.88 bits per heavy atom. The quantitative estimate of drug-likeness (QED) is 0.765. The number of amides is 1. The maximum Gasteiger partial charge on any atom is 0.410 e. The Balaban J connectivity index is 1.70. The number of hydrogen-bond acceptors (Lipinski definition) is 3. The number of para-hydroxylation sites is 1. The Bertz CT molecular complexity index is 741. The largest absolute Gasteiger partial charge is 0.444 e. The van der Waals surface area contributed by atoms with Crippen LogP contribution < -0.4 is 0 Å². The summed E-state index contributed by atoms with van der Waals surface area (Å²) in [4.78, 5) is 18.8. The normalized spacial score (nSPS) is 16.4. The van der Waals surface area contributed by atoms with Gasteiger partial charge in [0, 0.05) is 30.1 Å². The van der Waals surface area contributed by atoms with Crippen molar-refractivity contribution in [3.05, 3.63) is 41.6 Å². The lowest BCUT2D eigenvalue weighted by Crippen LogP contribution is -2.41. The minimum absolute atomic E-state index is 0.205. The highest BCUT2D eigenvalue weighted by Crippen LogP contribution is 2.30. The van der Waals surface area contributed by atoms with Crippen molar-refractivity contribution in [3.63, 3.8) is 0 Å². The summed E-state index contributed by atoms with van der Waals surface area (Å²) >= 11 is 0. The molecule has 24 heavy (non-hydrogen) atoms. The number of carbonyl (C=O) groups is 1. The summed E-state index contributed by atoms with van der Waals surface area (Å²) in [6.07, 6.45) is 1.66. The standard InChI is InChI=1S/C20H26N2O2/c1-14-13-18(21-17-8-6-5-7-16(14)17)15-9-11-22(12-10-15)19(23)24-20(2,3)4/h5-8,13,15H,9-12H2,1-4H3. The van der Waals surface area contributed by atoms with E-state index in [0.29, 0.717) is 5.92 Å². The first-order chi connectivity index (χ1) is 11.3. The molecule has 1 aliphatic heterocycles. The first-order valence-corrected chi connectivity index (χ1v) is 8.68. The van der Waals surface area contributed by atoms with E-state index in [2.05, 4.69) is 31.2 Å². The smallest absolute Gasteiger partial charge is 0.410 e. The average molecular weight is 326 g/mol.